The number of carbonyl (C=O) groups excluding carboxylic acids is 1. The van der Waals surface area contributed by atoms with E-state index in [4.69, 9.17) is 23.2 Å². The Morgan fingerprint density at radius 3 is 2.39 bits per heavy atom. The van der Waals surface area contributed by atoms with Gasteiger partial charge in [-0.2, -0.15) is 5.10 Å². The van der Waals surface area contributed by atoms with Crippen LogP contribution in [0, 0.1) is 13.8 Å². The number of nitrogens with one attached hydrogen (secondary N) is 1. The Labute approximate surface area is 239 Å². The molecule has 38 heavy (non-hydrogen) atoms. The molecule has 11 heteroatoms. The van der Waals surface area contributed by atoms with Crippen molar-refractivity contribution in [2.45, 2.75) is 18.7 Å². The van der Waals surface area contributed by atoms with E-state index in [1.807, 2.05) is 36.6 Å². The van der Waals surface area contributed by atoms with Gasteiger partial charge in [-0.3, -0.25) is 9.10 Å². The van der Waals surface area contributed by atoms with Crippen molar-refractivity contribution < 1.29 is 13.2 Å². The van der Waals surface area contributed by atoms with Gasteiger partial charge in [0.15, 0.2) is 0 Å². The van der Waals surface area contributed by atoms with Crippen molar-refractivity contribution >= 4 is 67.0 Å². The van der Waals surface area contributed by atoms with Crippen molar-refractivity contribution in [1.29, 1.82) is 0 Å². The molecule has 3 aromatic carbocycles. The van der Waals surface area contributed by atoms with Crippen LogP contribution >= 0.6 is 39.1 Å². The number of anilines is 1. The van der Waals surface area contributed by atoms with Crippen molar-refractivity contribution in [3.05, 3.63) is 110 Å². The Hall–Kier alpha value is -3.11. The van der Waals surface area contributed by atoms with Crippen molar-refractivity contribution in [2.24, 2.45) is 5.10 Å². The maximum Gasteiger partial charge on any atom is 0.264 e. The number of aryl methyl sites for hydroxylation is 1. The zero-order chi connectivity index (χ0) is 27.4. The topological polar surface area (TPSA) is 83.8 Å². The van der Waals surface area contributed by atoms with Gasteiger partial charge in [0.25, 0.3) is 15.9 Å². The van der Waals surface area contributed by atoms with Gasteiger partial charge in [-0.15, -0.1) is 0 Å². The first-order valence-corrected chi connectivity index (χ1v) is 14.4. The zero-order valence-electron chi connectivity index (χ0n) is 20.4. The highest BCUT2D eigenvalue weighted by Gasteiger charge is 2.27. The van der Waals surface area contributed by atoms with Crippen LogP contribution in [0.4, 0.5) is 5.69 Å². The Morgan fingerprint density at radius 1 is 1.03 bits per heavy atom. The summed E-state index contributed by atoms with van der Waals surface area (Å²) in [5, 5.41) is 4.96. The number of hydrogen-bond acceptors (Lipinski definition) is 4. The molecule has 0 spiro atoms. The minimum atomic E-state index is -4.01. The maximum atomic E-state index is 13.4. The monoisotopic (exact) mass is 632 g/mol. The van der Waals surface area contributed by atoms with E-state index in [9.17, 15) is 13.2 Å². The first-order valence-electron chi connectivity index (χ1n) is 11.4. The number of hydrogen-bond donors (Lipinski definition) is 1. The lowest BCUT2D eigenvalue weighted by atomic mass is 10.2. The third-order valence-electron chi connectivity index (χ3n) is 5.77. The first kappa shape index (κ1) is 27.9. The van der Waals surface area contributed by atoms with Gasteiger partial charge in [0.05, 0.1) is 32.5 Å². The van der Waals surface area contributed by atoms with Crippen LogP contribution in [-0.4, -0.2) is 31.7 Å². The fraction of sp³-hybridized carbons (Fsp3) is 0.111. The minimum Gasteiger partial charge on any atom is -0.316 e. The van der Waals surface area contributed by atoms with Crippen LogP contribution < -0.4 is 9.73 Å². The van der Waals surface area contributed by atoms with Crippen LogP contribution in [-0.2, 0) is 14.8 Å². The van der Waals surface area contributed by atoms with Crippen molar-refractivity contribution in [3.8, 4) is 5.69 Å². The third kappa shape index (κ3) is 5.96. The van der Waals surface area contributed by atoms with Gasteiger partial charge in [0, 0.05) is 21.4 Å². The molecule has 0 unspecified atom stereocenters. The second kappa shape index (κ2) is 11.7. The average Bonchev–Trinajstić information content (AvgIpc) is 3.18. The quantitative estimate of drug-likeness (QED) is 0.177. The number of hydrazone groups is 1. The smallest absolute Gasteiger partial charge is 0.264 e. The number of sulfonamides is 1. The lowest BCUT2D eigenvalue weighted by Gasteiger charge is -2.23. The number of rotatable bonds is 8. The highest BCUT2D eigenvalue weighted by molar-refractivity contribution is 9.10. The van der Waals surface area contributed by atoms with Gasteiger partial charge in [0.1, 0.15) is 6.54 Å². The molecule has 7 nitrogen and oxygen atoms in total. The Morgan fingerprint density at radius 2 is 1.71 bits per heavy atom. The summed E-state index contributed by atoms with van der Waals surface area (Å²) in [5.41, 5.74) is 6.01. The number of benzene rings is 3. The van der Waals surface area contributed by atoms with Crippen molar-refractivity contribution in [2.75, 3.05) is 10.8 Å². The second-order valence-electron chi connectivity index (χ2n) is 8.33. The van der Waals surface area contributed by atoms with E-state index in [2.05, 4.69) is 26.5 Å². The molecule has 0 aliphatic heterocycles. The number of halogens is 3. The Kier molecular flexibility index (Phi) is 8.62. The van der Waals surface area contributed by atoms with Crippen LogP contribution in [0.3, 0.4) is 0 Å². The molecule has 0 aliphatic carbocycles. The summed E-state index contributed by atoms with van der Waals surface area (Å²) in [6.07, 6.45) is 1.50. The van der Waals surface area contributed by atoms with Gasteiger partial charge in [-0.05, 0) is 68.4 Å². The highest BCUT2D eigenvalue weighted by Crippen LogP contribution is 2.31. The van der Waals surface area contributed by atoms with Crippen molar-refractivity contribution in [3.63, 3.8) is 0 Å². The highest BCUT2D eigenvalue weighted by atomic mass is 79.9. The predicted molar refractivity (Wildman–Crippen MR) is 156 cm³/mol. The Balaban J connectivity index is 1.56. The van der Waals surface area contributed by atoms with Crippen LogP contribution in [0.25, 0.3) is 5.69 Å². The van der Waals surface area contributed by atoms with E-state index in [-0.39, 0.29) is 4.90 Å². The molecule has 0 fully saturated rings. The van der Waals surface area contributed by atoms with E-state index in [1.54, 1.807) is 48.5 Å². The molecule has 1 amide bonds. The molecule has 0 bridgehead atoms. The fourth-order valence-electron chi connectivity index (χ4n) is 3.94. The van der Waals surface area contributed by atoms with Gasteiger partial charge in [-0.1, -0.05) is 63.4 Å². The normalized spacial score (nSPS) is 11.6. The number of aromatic nitrogens is 1. The van der Waals surface area contributed by atoms with Crippen molar-refractivity contribution in [1.82, 2.24) is 9.99 Å². The second-order valence-corrected chi connectivity index (χ2v) is 11.9. The van der Waals surface area contributed by atoms with E-state index in [0.717, 1.165) is 31.4 Å². The third-order valence-corrected chi connectivity index (χ3v) is 8.89. The molecule has 0 atom stereocenters. The minimum absolute atomic E-state index is 0.0753. The van der Waals surface area contributed by atoms with E-state index < -0.39 is 22.5 Å². The summed E-state index contributed by atoms with van der Waals surface area (Å²) in [7, 11) is -4.01. The molecular formula is C27H23BrCl2N4O3S. The summed E-state index contributed by atoms with van der Waals surface area (Å²) in [5.74, 6) is -0.602. The van der Waals surface area contributed by atoms with Crippen LogP contribution in [0.1, 0.15) is 17.0 Å². The molecule has 1 N–H and O–H groups in total. The number of nitrogens with zero attached hydrogens (tertiary/aromatic N) is 3. The summed E-state index contributed by atoms with van der Waals surface area (Å²) >= 11 is 16.0. The number of carbonyl (C=O) groups is 1. The lowest BCUT2D eigenvalue weighted by molar-refractivity contribution is -0.119. The molecule has 0 saturated heterocycles. The molecule has 1 aromatic heterocycles. The summed E-state index contributed by atoms with van der Waals surface area (Å²) in [4.78, 5) is 12.9. The Bertz CT molecular complexity index is 1610. The molecule has 196 valence electrons. The molecular weight excluding hydrogens is 611 g/mol. The largest absolute Gasteiger partial charge is 0.316 e. The fourth-order valence-corrected chi connectivity index (χ4v) is 6.02. The standard InChI is InChI=1S/C27H23BrCl2N4O3S/c1-18-15-20(19(2)34(18)25-10-6-9-24(29)27(25)30)16-31-32-26(35)17-33(22-13-11-21(28)12-14-22)38(36,37)23-7-4-3-5-8-23/h3-16H,17H2,1-2H3,(H,32,35)/b31-16-. The lowest BCUT2D eigenvalue weighted by Crippen LogP contribution is -2.39. The summed E-state index contributed by atoms with van der Waals surface area (Å²) < 4.78 is 30.6. The molecule has 4 aromatic rings. The maximum absolute atomic E-state index is 13.4. The average molecular weight is 634 g/mol. The van der Waals surface area contributed by atoms with Gasteiger partial charge >= 0.3 is 0 Å². The van der Waals surface area contributed by atoms with E-state index >= 15 is 0 Å². The van der Waals surface area contributed by atoms with E-state index in [1.165, 1.54) is 18.3 Å². The first-order chi connectivity index (χ1) is 18.1. The van der Waals surface area contributed by atoms with Gasteiger partial charge in [-0.25, -0.2) is 13.8 Å². The molecule has 0 radical (unpaired) electrons. The van der Waals surface area contributed by atoms with E-state index in [0.29, 0.717) is 15.7 Å². The van der Waals surface area contributed by atoms with Gasteiger partial charge in [0.2, 0.25) is 0 Å². The molecule has 4 rings (SSSR count). The predicted octanol–water partition coefficient (Wildman–Crippen LogP) is 6.51. The molecule has 0 aliphatic rings. The summed E-state index contributed by atoms with van der Waals surface area (Å²) in [6.45, 7) is 3.35. The molecule has 0 saturated carbocycles. The van der Waals surface area contributed by atoms with Gasteiger partial charge < -0.3 is 4.57 Å². The van der Waals surface area contributed by atoms with Crippen LogP contribution in [0.2, 0.25) is 10.0 Å². The van der Waals surface area contributed by atoms with Crippen LogP contribution in [0.15, 0.2) is 93.3 Å². The van der Waals surface area contributed by atoms with Crippen LogP contribution in [0.5, 0.6) is 0 Å². The summed E-state index contributed by atoms with van der Waals surface area (Å²) in [6, 6.07) is 21.9. The zero-order valence-corrected chi connectivity index (χ0v) is 24.3. The number of amides is 1. The molecule has 1 heterocycles. The SMILES string of the molecule is Cc1cc(/C=N\NC(=O)CN(c2ccc(Br)cc2)S(=O)(=O)c2ccccc2)c(C)n1-c1cccc(Cl)c1Cl.